The zero-order valence-corrected chi connectivity index (χ0v) is 8.83. The van der Waals surface area contributed by atoms with Gasteiger partial charge in [0.2, 0.25) is 0 Å². The van der Waals surface area contributed by atoms with Crippen LogP contribution < -0.4 is 10.5 Å². The Balaban J connectivity index is 2.39. The number of ether oxygens (including phenoxy) is 1. The van der Waals surface area contributed by atoms with Gasteiger partial charge >= 0.3 is 0 Å². The van der Waals surface area contributed by atoms with E-state index in [4.69, 9.17) is 15.9 Å². The zero-order valence-electron chi connectivity index (χ0n) is 8.83. The van der Waals surface area contributed by atoms with Crippen molar-refractivity contribution in [3.63, 3.8) is 0 Å². The van der Waals surface area contributed by atoms with Gasteiger partial charge in [-0.05, 0) is 30.7 Å². The number of hydrogen-bond donors (Lipinski definition) is 2. The second-order valence-corrected chi connectivity index (χ2v) is 3.35. The van der Waals surface area contributed by atoms with Crippen LogP contribution in [-0.2, 0) is 0 Å². The molecule has 0 aromatic heterocycles. The number of nitrogens with one attached hydrogen (secondary N) is 1. The standard InChI is InChI=1S/C12H17N2O/c1-2-3-4-9-15-11-7-5-10(6-8-11)12(13)14/h5-8H,1-4,9H2,(H3,13,14). The van der Waals surface area contributed by atoms with E-state index in [0.717, 1.165) is 37.2 Å². The van der Waals surface area contributed by atoms with Gasteiger partial charge in [-0.2, -0.15) is 0 Å². The van der Waals surface area contributed by atoms with E-state index < -0.39 is 0 Å². The van der Waals surface area contributed by atoms with Crippen molar-refractivity contribution in [3.05, 3.63) is 36.8 Å². The summed E-state index contributed by atoms with van der Waals surface area (Å²) in [5, 5.41) is 7.23. The van der Waals surface area contributed by atoms with E-state index in [-0.39, 0.29) is 5.84 Å². The molecule has 0 atom stereocenters. The SMILES string of the molecule is [CH2]CCCCOc1ccc(C(=N)N)cc1. The Morgan fingerprint density at radius 1 is 1.27 bits per heavy atom. The molecule has 3 heteroatoms. The van der Waals surface area contributed by atoms with Gasteiger partial charge in [-0.25, -0.2) is 0 Å². The second-order valence-electron chi connectivity index (χ2n) is 3.35. The van der Waals surface area contributed by atoms with Gasteiger partial charge in [0.1, 0.15) is 11.6 Å². The van der Waals surface area contributed by atoms with Gasteiger partial charge in [0.05, 0.1) is 6.61 Å². The molecule has 0 spiro atoms. The highest BCUT2D eigenvalue weighted by atomic mass is 16.5. The van der Waals surface area contributed by atoms with Crippen LogP contribution in [0.3, 0.4) is 0 Å². The van der Waals surface area contributed by atoms with Gasteiger partial charge in [-0.1, -0.05) is 19.8 Å². The lowest BCUT2D eigenvalue weighted by Gasteiger charge is -2.06. The summed E-state index contributed by atoms with van der Waals surface area (Å²) < 4.78 is 5.50. The van der Waals surface area contributed by atoms with E-state index in [1.807, 2.05) is 12.1 Å². The zero-order chi connectivity index (χ0) is 11.1. The molecule has 0 heterocycles. The Kier molecular flexibility index (Phi) is 4.68. The molecule has 0 fully saturated rings. The van der Waals surface area contributed by atoms with Crippen molar-refractivity contribution in [2.45, 2.75) is 19.3 Å². The van der Waals surface area contributed by atoms with Crippen LogP contribution in [0.25, 0.3) is 0 Å². The van der Waals surface area contributed by atoms with E-state index in [1.54, 1.807) is 12.1 Å². The van der Waals surface area contributed by atoms with Crippen LogP contribution in [-0.4, -0.2) is 12.4 Å². The largest absolute Gasteiger partial charge is 0.494 e. The fourth-order valence-electron chi connectivity index (χ4n) is 1.20. The summed E-state index contributed by atoms with van der Waals surface area (Å²) in [6, 6.07) is 7.25. The van der Waals surface area contributed by atoms with Crippen molar-refractivity contribution in [2.24, 2.45) is 5.73 Å². The summed E-state index contributed by atoms with van der Waals surface area (Å²) in [6.07, 6.45) is 3.07. The van der Waals surface area contributed by atoms with Crippen molar-refractivity contribution in [2.75, 3.05) is 6.61 Å². The number of amidine groups is 1. The minimum absolute atomic E-state index is 0.0820. The van der Waals surface area contributed by atoms with Gasteiger partial charge in [-0.15, -0.1) is 0 Å². The first-order valence-electron chi connectivity index (χ1n) is 5.10. The Morgan fingerprint density at radius 2 is 1.93 bits per heavy atom. The predicted octanol–water partition coefficient (Wildman–Crippen LogP) is 2.35. The molecule has 3 nitrogen and oxygen atoms in total. The molecule has 1 rings (SSSR count). The first-order chi connectivity index (χ1) is 7.24. The van der Waals surface area contributed by atoms with Crippen LogP contribution in [0.4, 0.5) is 0 Å². The average molecular weight is 205 g/mol. The number of unbranched alkanes of at least 4 members (excludes halogenated alkanes) is 2. The van der Waals surface area contributed by atoms with Crippen LogP contribution in [0.1, 0.15) is 24.8 Å². The van der Waals surface area contributed by atoms with Crippen LogP contribution in [0.2, 0.25) is 0 Å². The maximum atomic E-state index is 7.23. The van der Waals surface area contributed by atoms with Crippen LogP contribution in [0, 0.1) is 12.3 Å². The maximum Gasteiger partial charge on any atom is 0.122 e. The fourth-order valence-corrected chi connectivity index (χ4v) is 1.20. The van der Waals surface area contributed by atoms with E-state index in [0.29, 0.717) is 0 Å². The third-order valence-electron chi connectivity index (χ3n) is 2.08. The maximum absolute atomic E-state index is 7.23. The summed E-state index contributed by atoms with van der Waals surface area (Å²) >= 11 is 0. The lowest BCUT2D eigenvalue weighted by molar-refractivity contribution is 0.307. The highest BCUT2D eigenvalue weighted by Crippen LogP contribution is 2.12. The summed E-state index contributed by atoms with van der Waals surface area (Å²) in [6.45, 7) is 4.49. The molecule has 0 unspecified atom stereocenters. The van der Waals surface area contributed by atoms with E-state index in [2.05, 4.69) is 6.92 Å². The van der Waals surface area contributed by atoms with Crippen LogP contribution in [0.5, 0.6) is 5.75 Å². The summed E-state index contributed by atoms with van der Waals surface area (Å²) in [5.41, 5.74) is 6.06. The molecule has 1 aromatic rings. The van der Waals surface area contributed by atoms with Crippen molar-refractivity contribution >= 4 is 5.84 Å². The molecule has 1 radical (unpaired) electrons. The Morgan fingerprint density at radius 3 is 2.47 bits per heavy atom. The third-order valence-corrected chi connectivity index (χ3v) is 2.08. The van der Waals surface area contributed by atoms with Gasteiger partial charge in [-0.3, -0.25) is 5.41 Å². The molecule has 0 aliphatic carbocycles. The van der Waals surface area contributed by atoms with E-state index >= 15 is 0 Å². The smallest absolute Gasteiger partial charge is 0.122 e. The molecule has 0 bridgehead atoms. The molecular weight excluding hydrogens is 188 g/mol. The third kappa shape index (κ3) is 4.02. The van der Waals surface area contributed by atoms with Crippen molar-refractivity contribution in [3.8, 4) is 5.75 Å². The normalized spacial score (nSPS) is 9.93. The number of benzene rings is 1. The van der Waals surface area contributed by atoms with E-state index in [9.17, 15) is 0 Å². The quantitative estimate of drug-likeness (QED) is 0.425. The molecule has 0 amide bonds. The summed E-state index contributed by atoms with van der Waals surface area (Å²) in [7, 11) is 0. The van der Waals surface area contributed by atoms with Crippen LogP contribution >= 0.6 is 0 Å². The monoisotopic (exact) mass is 205 g/mol. The summed E-state index contributed by atoms with van der Waals surface area (Å²) in [5.74, 6) is 0.905. The highest BCUT2D eigenvalue weighted by molar-refractivity contribution is 5.94. The predicted molar refractivity (Wildman–Crippen MR) is 62.2 cm³/mol. The molecule has 0 aliphatic heterocycles. The molecule has 81 valence electrons. The average Bonchev–Trinajstić information content (AvgIpc) is 2.25. The van der Waals surface area contributed by atoms with Gasteiger partial charge < -0.3 is 10.5 Å². The first kappa shape index (κ1) is 11.6. The number of hydrogen-bond acceptors (Lipinski definition) is 2. The lowest BCUT2D eigenvalue weighted by Crippen LogP contribution is -2.10. The highest BCUT2D eigenvalue weighted by Gasteiger charge is 1.97. The second kappa shape index (κ2) is 6.06. The summed E-state index contributed by atoms with van der Waals surface area (Å²) in [4.78, 5) is 0. The fraction of sp³-hybridized carbons (Fsp3) is 0.333. The van der Waals surface area contributed by atoms with Crippen LogP contribution in [0.15, 0.2) is 24.3 Å². The lowest BCUT2D eigenvalue weighted by atomic mass is 10.2. The number of nitrogen functional groups attached to an aromatic ring is 1. The molecule has 15 heavy (non-hydrogen) atoms. The minimum Gasteiger partial charge on any atom is -0.494 e. The van der Waals surface area contributed by atoms with Gasteiger partial charge in [0.25, 0.3) is 0 Å². The van der Waals surface area contributed by atoms with Crippen molar-refractivity contribution in [1.82, 2.24) is 0 Å². The molecule has 0 saturated heterocycles. The number of rotatable bonds is 6. The minimum atomic E-state index is 0.0820. The van der Waals surface area contributed by atoms with Crippen molar-refractivity contribution in [1.29, 1.82) is 5.41 Å². The number of nitrogens with two attached hydrogens (primary N) is 1. The van der Waals surface area contributed by atoms with Crippen molar-refractivity contribution < 1.29 is 4.74 Å². The Labute approximate surface area is 90.8 Å². The first-order valence-corrected chi connectivity index (χ1v) is 5.10. The topological polar surface area (TPSA) is 59.1 Å². The molecular formula is C12H17N2O. The molecule has 0 saturated carbocycles. The van der Waals surface area contributed by atoms with E-state index in [1.165, 1.54) is 0 Å². The Bertz CT molecular complexity index is 306. The molecule has 1 aromatic carbocycles. The van der Waals surface area contributed by atoms with Gasteiger partial charge in [0.15, 0.2) is 0 Å². The molecule has 0 aliphatic rings. The molecule has 3 N–H and O–H groups in total. The van der Waals surface area contributed by atoms with Gasteiger partial charge in [0, 0.05) is 5.56 Å². The Hall–Kier alpha value is -1.51.